The Kier molecular flexibility index (Phi) is 6.42. The number of aromatic nitrogens is 1. The molecule has 27 heavy (non-hydrogen) atoms. The minimum Gasteiger partial charge on any atom is -0.484 e. The molecule has 8 nitrogen and oxygen atoms in total. The lowest BCUT2D eigenvalue weighted by molar-refractivity contribution is -0.138. The maximum absolute atomic E-state index is 12.9. The third kappa shape index (κ3) is 6.89. The second kappa shape index (κ2) is 8.38. The van der Waals surface area contributed by atoms with Gasteiger partial charge in [-0.3, -0.25) is 9.36 Å². The second-order valence-electron chi connectivity index (χ2n) is 5.14. The number of amides is 1. The zero-order chi connectivity index (χ0) is 20.1. The number of pyridine rings is 1. The molecular formula is C15H14F3N2O6P. The maximum Gasteiger partial charge on any atom is 0.421 e. The van der Waals surface area contributed by atoms with E-state index in [-0.39, 0.29) is 11.5 Å². The lowest BCUT2D eigenvalue weighted by Gasteiger charge is -2.12. The van der Waals surface area contributed by atoms with Crippen LogP contribution >= 0.6 is 7.60 Å². The van der Waals surface area contributed by atoms with Gasteiger partial charge in [-0.1, -0.05) is 0 Å². The van der Waals surface area contributed by atoms with E-state index in [4.69, 9.17) is 19.3 Å². The highest BCUT2D eigenvalue weighted by molar-refractivity contribution is 7.51. The van der Waals surface area contributed by atoms with E-state index in [1.165, 1.54) is 24.3 Å². The summed E-state index contributed by atoms with van der Waals surface area (Å²) >= 11 is 0. The lowest BCUT2D eigenvalue weighted by Crippen LogP contribution is -2.29. The van der Waals surface area contributed by atoms with Gasteiger partial charge < -0.3 is 24.6 Å². The summed E-state index contributed by atoms with van der Waals surface area (Å²) in [6.45, 7) is -0.501. The molecule has 0 spiro atoms. The summed E-state index contributed by atoms with van der Waals surface area (Å²) in [6.07, 6.45) is -4.26. The highest BCUT2D eigenvalue weighted by Crippen LogP contribution is 2.36. The number of carbonyl (C=O) groups is 1. The Balaban J connectivity index is 1.95. The number of alkyl halides is 3. The van der Waals surface area contributed by atoms with Gasteiger partial charge in [-0.2, -0.15) is 13.2 Å². The van der Waals surface area contributed by atoms with Gasteiger partial charge in [0.05, 0.1) is 0 Å². The van der Waals surface area contributed by atoms with E-state index in [1.54, 1.807) is 0 Å². The topological polar surface area (TPSA) is 118 Å². The minimum atomic E-state index is -4.62. The van der Waals surface area contributed by atoms with Crippen LogP contribution in [0.2, 0.25) is 0 Å². The molecule has 0 aliphatic heterocycles. The van der Waals surface area contributed by atoms with E-state index in [9.17, 15) is 22.5 Å². The van der Waals surface area contributed by atoms with Gasteiger partial charge in [0.1, 0.15) is 23.3 Å². The smallest absolute Gasteiger partial charge is 0.421 e. The molecule has 0 saturated heterocycles. The Hall–Kier alpha value is -2.62. The third-order valence-electron chi connectivity index (χ3n) is 2.97. The molecule has 0 aliphatic carbocycles. The number of rotatable bonds is 7. The molecule has 0 saturated carbocycles. The average molecular weight is 406 g/mol. The van der Waals surface area contributed by atoms with E-state index in [2.05, 4.69) is 4.98 Å². The van der Waals surface area contributed by atoms with Crippen molar-refractivity contribution in [2.45, 2.75) is 6.18 Å². The van der Waals surface area contributed by atoms with Crippen LogP contribution in [0.3, 0.4) is 0 Å². The molecule has 146 valence electrons. The van der Waals surface area contributed by atoms with Gasteiger partial charge in [0, 0.05) is 6.20 Å². The van der Waals surface area contributed by atoms with Crippen LogP contribution in [0.1, 0.15) is 5.56 Å². The molecule has 0 unspecified atom stereocenters. The van der Waals surface area contributed by atoms with Crippen LogP contribution < -0.4 is 14.8 Å². The molecule has 0 radical (unpaired) electrons. The molecule has 3 N–H and O–H groups in total. The predicted molar refractivity (Wildman–Crippen MR) is 86.3 cm³/mol. The first-order valence-electron chi connectivity index (χ1n) is 7.29. The number of hydrogen-bond acceptors (Lipinski definition) is 5. The normalized spacial score (nSPS) is 11.7. The Labute approximate surface area is 151 Å². The highest BCUT2D eigenvalue weighted by Gasteiger charge is 2.35. The van der Waals surface area contributed by atoms with Crippen molar-refractivity contribution in [1.82, 2.24) is 10.3 Å². The molecule has 0 aliphatic rings. The quantitative estimate of drug-likeness (QED) is 0.605. The van der Waals surface area contributed by atoms with Crippen LogP contribution in [0.15, 0.2) is 42.6 Å². The fourth-order valence-electron chi connectivity index (χ4n) is 1.79. The molecule has 1 amide bonds. The fraction of sp³-hybridized carbons (Fsp3) is 0.200. The number of halogens is 3. The zero-order valence-electron chi connectivity index (χ0n) is 13.5. The number of ether oxygens (including phenoxy) is 2. The number of benzene rings is 1. The molecular weight excluding hydrogens is 392 g/mol. The molecule has 2 aromatic rings. The third-order valence-corrected chi connectivity index (χ3v) is 3.54. The van der Waals surface area contributed by atoms with Crippen molar-refractivity contribution in [3.63, 3.8) is 0 Å². The molecule has 0 atom stereocenters. The van der Waals surface area contributed by atoms with Crippen molar-refractivity contribution in [1.29, 1.82) is 0 Å². The van der Waals surface area contributed by atoms with E-state index in [1.807, 2.05) is 5.32 Å². The van der Waals surface area contributed by atoms with Crippen molar-refractivity contribution in [3.05, 3.63) is 48.2 Å². The molecule has 1 aromatic carbocycles. The first kappa shape index (κ1) is 20.7. The number of carbonyl (C=O) groups excluding carboxylic acids is 1. The van der Waals surface area contributed by atoms with Crippen molar-refractivity contribution in [2.75, 3.05) is 12.9 Å². The first-order valence-corrected chi connectivity index (χ1v) is 9.08. The van der Waals surface area contributed by atoms with Gasteiger partial charge in [0.25, 0.3) is 5.91 Å². The maximum atomic E-state index is 12.9. The Morgan fingerprint density at radius 1 is 1.15 bits per heavy atom. The van der Waals surface area contributed by atoms with Crippen molar-refractivity contribution in [2.24, 2.45) is 0 Å². The number of nitrogens with one attached hydrogen (secondary N) is 1. The van der Waals surface area contributed by atoms with Gasteiger partial charge in [0.15, 0.2) is 6.61 Å². The largest absolute Gasteiger partial charge is 0.484 e. The standard InChI is InChI=1S/C15H14F3N2O6P/c16-15(17,18)12-2-1-7-19-14(12)26-11-5-3-10(4-6-11)25-8-13(21)20-9-27(22,23)24/h1-7H,8-9H2,(H,20,21)(H2,22,23,24). The monoisotopic (exact) mass is 406 g/mol. The summed E-state index contributed by atoms with van der Waals surface area (Å²) in [6, 6.07) is 7.32. The first-order chi connectivity index (χ1) is 12.5. The summed E-state index contributed by atoms with van der Waals surface area (Å²) in [5, 5.41) is 1.99. The van der Waals surface area contributed by atoms with E-state index >= 15 is 0 Å². The Bertz CT molecular complexity index is 838. The molecule has 1 heterocycles. The van der Waals surface area contributed by atoms with E-state index < -0.39 is 44.0 Å². The number of hydrogen-bond donors (Lipinski definition) is 3. The second-order valence-corrected chi connectivity index (χ2v) is 6.78. The lowest BCUT2D eigenvalue weighted by atomic mass is 10.2. The molecule has 1 aromatic heterocycles. The van der Waals surface area contributed by atoms with E-state index in [0.717, 1.165) is 18.3 Å². The van der Waals surface area contributed by atoms with Gasteiger partial charge in [-0.25, -0.2) is 4.98 Å². The fourth-order valence-corrected chi connectivity index (χ4v) is 2.18. The summed E-state index contributed by atoms with van der Waals surface area (Å²) < 4.78 is 59.6. The van der Waals surface area contributed by atoms with Crippen LogP contribution in [0.25, 0.3) is 0 Å². The van der Waals surface area contributed by atoms with Crippen molar-refractivity contribution >= 4 is 13.5 Å². The zero-order valence-corrected chi connectivity index (χ0v) is 14.4. The van der Waals surface area contributed by atoms with Gasteiger partial charge in [-0.15, -0.1) is 0 Å². The molecule has 2 rings (SSSR count). The summed E-state index contributed by atoms with van der Waals surface area (Å²) in [5.74, 6) is -1.08. The SMILES string of the molecule is O=C(COc1ccc(Oc2ncccc2C(F)(F)F)cc1)NCP(=O)(O)O. The van der Waals surface area contributed by atoms with Crippen molar-refractivity contribution < 1.29 is 41.8 Å². The van der Waals surface area contributed by atoms with Crippen LogP contribution in [0.4, 0.5) is 13.2 Å². The Morgan fingerprint density at radius 3 is 2.37 bits per heavy atom. The molecule has 0 bridgehead atoms. The average Bonchev–Trinajstić information content (AvgIpc) is 2.58. The van der Waals surface area contributed by atoms with E-state index in [0.29, 0.717) is 0 Å². The summed E-state index contributed by atoms with van der Waals surface area (Å²) in [4.78, 5) is 32.2. The summed E-state index contributed by atoms with van der Waals surface area (Å²) in [7, 11) is -4.36. The van der Waals surface area contributed by atoms with Crippen molar-refractivity contribution in [3.8, 4) is 17.4 Å². The minimum absolute atomic E-state index is 0.0671. The Morgan fingerprint density at radius 2 is 1.78 bits per heavy atom. The van der Waals surface area contributed by atoms with Crippen LogP contribution in [0.5, 0.6) is 17.4 Å². The number of nitrogens with zero attached hydrogens (tertiary/aromatic N) is 1. The molecule has 12 heteroatoms. The van der Waals surface area contributed by atoms with Crippen LogP contribution in [-0.4, -0.2) is 33.6 Å². The van der Waals surface area contributed by atoms with Crippen LogP contribution in [0, 0.1) is 0 Å². The van der Waals surface area contributed by atoms with Gasteiger partial charge in [-0.05, 0) is 36.4 Å². The molecule has 0 fully saturated rings. The van der Waals surface area contributed by atoms with Crippen LogP contribution in [-0.2, 0) is 15.5 Å². The van der Waals surface area contributed by atoms with Gasteiger partial charge >= 0.3 is 13.8 Å². The highest BCUT2D eigenvalue weighted by atomic mass is 31.2. The summed E-state index contributed by atoms with van der Waals surface area (Å²) in [5.41, 5.74) is -1.02. The van der Waals surface area contributed by atoms with Gasteiger partial charge in [0.2, 0.25) is 5.88 Å². The predicted octanol–water partition coefficient (Wildman–Crippen LogP) is 2.52.